The number of hydrogen-bond donors (Lipinski definition) is 2. The van der Waals surface area contributed by atoms with Gasteiger partial charge in [-0.15, -0.1) is 0 Å². The predicted molar refractivity (Wildman–Crippen MR) is 104 cm³/mol. The Hall–Kier alpha value is -2.19. The third-order valence-electron chi connectivity index (χ3n) is 4.33. The Bertz CT molecular complexity index is 875. The highest BCUT2D eigenvalue weighted by Gasteiger charge is 2.31. The zero-order chi connectivity index (χ0) is 20.1. The summed E-state index contributed by atoms with van der Waals surface area (Å²) in [5.41, 5.74) is 5.00. The largest absolute Gasteiger partial charge is 0.379 e. The highest BCUT2D eigenvalue weighted by Crippen LogP contribution is 2.30. The quantitative estimate of drug-likeness (QED) is 0.738. The number of rotatable bonds is 4. The van der Waals surface area contributed by atoms with Gasteiger partial charge in [-0.05, 0) is 29.8 Å². The average Bonchev–Trinajstić information content (AvgIpc) is 2.69. The molecule has 2 aromatic carbocycles. The van der Waals surface area contributed by atoms with Gasteiger partial charge in [0.1, 0.15) is 11.9 Å². The van der Waals surface area contributed by atoms with Gasteiger partial charge in [-0.2, -0.15) is 0 Å². The van der Waals surface area contributed by atoms with Crippen molar-refractivity contribution in [2.45, 2.75) is 6.04 Å². The van der Waals surface area contributed by atoms with Crippen LogP contribution in [-0.2, 0) is 9.53 Å². The average molecular weight is 426 g/mol. The molecule has 0 aromatic heterocycles. The van der Waals surface area contributed by atoms with Gasteiger partial charge < -0.3 is 4.74 Å². The first kappa shape index (κ1) is 20.5. The molecule has 0 radical (unpaired) electrons. The summed E-state index contributed by atoms with van der Waals surface area (Å²) in [5.74, 6) is -1.94. The summed E-state index contributed by atoms with van der Waals surface area (Å²) in [6.07, 6.45) is 0. The van der Waals surface area contributed by atoms with Crippen LogP contribution in [-0.4, -0.2) is 43.0 Å². The first-order valence-electron chi connectivity index (χ1n) is 8.59. The van der Waals surface area contributed by atoms with Crippen LogP contribution in [0.3, 0.4) is 0 Å². The molecular weight excluding hydrogens is 408 g/mol. The van der Waals surface area contributed by atoms with Crippen molar-refractivity contribution in [2.75, 3.05) is 26.3 Å². The van der Waals surface area contributed by atoms with Gasteiger partial charge in [0.15, 0.2) is 0 Å². The van der Waals surface area contributed by atoms with Gasteiger partial charge in [0.2, 0.25) is 0 Å². The number of nitrogens with one attached hydrogen (secondary N) is 2. The number of hydrazine groups is 1. The fraction of sp³-hybridized carbons (Fsp3) is 0.263. The summed E-state index contributed by atoms with van der Waals surface area (Å²) in [6, 6.07) is 9.59. The number of morpholine rings is 1. The minimum atomic E-state index is -0.769. The minimum absolute atomic E-state index is 0.171. The zero-order valence-electron chi connectivity index (χ0n) is 14.8. The molecule has 1 fully saturated rings. The molecule has 0 unspecified atom stereocenters. The molecule has 2 N–H and O–H groups in total. The minimum Gasteiger partial charge on any atom is -0.379 e. The Morgan fingerprint density at radius 3 is 2.46 bits per heavy atom. The Balaban J connectivity index is 1.78. The van der Waals surface area contributed by atoms with Crippen LogP contribution < -0.4 is 10.9 Å². The van der Waals surface area contributed by atoms with Crippen LogP contribution in [0.25, 0.3) is 0 Å². The fourth-order valence-corrected chi connectivity index (χ4v) is 3.47. The number of nitrogens with zero attached hydrogens (tertiary/aromatic N) is 1. The molecule has 28 heavy (non-hydrogen) atoms. The maximum absolute atomic E-state index is 13.7. The van der Waals surface area contributed by atoms with E-state index in [0.717, 1.165) is 0 Å². The van der Waals surface area contributed by atoms with Gasteiger partial charge in [-0.25, -0.2) is 4.39 Å². The van der Waals surface area contributed by atoms with E-state index in [2.05, 4.69) is 10.9 Å². The fourth-order valence-electron chi connectivity index (χ4n) is 2.96. The first-order valence-corrected chi connectivity index (χ1v) is 9.34. The van der Waals surface area contributed by atoms with Crippen molar-refractivity contribution in [2.24, 2.45) is 0 Å². The van der Waals surface area contributed by atoms with Crippen molar-refractivity contribution < 1.29 is 18.7 Å². The summed E-state index contributed by atoms with van der Waals surface area (Å²) < 4.78 is 19.1. The molecule has 1 saturated heterocycles. The highest BCUT2D eigenvalue weighted by molar-refractivity contribution is 6.35. The summed E-state index contributed by atoms with van der Waals surface area (Å²) in [5, 5.41) is 0.780. The molecule has 0 aliphatic carbocycles. The lowest BCUT2D eigenvalue weighted by atomic mass is 10.0. The molecule has 0 spiro atoms. The van der Waals surface area contributed by atoms with Crippen molar-refractivity contribution in [1.82, 2.24) is 15.8 Å². The van der Waals surface area contributed by atoms with E-state index in [0.29, 0.717) is 41.9 Å². The SMILES string of the molecule is O=C(NNC(=O)[C@H](c1ccc(Cl)cc1Cl)N1CCOCC1)c1ccccc1F. The highest BCUT2D eigenvalue weighted by atomic mass is 35.5. The topological polar surface area (TPSA) is 70.7 Å². The Morgan fingerprint density at radius 1 is 1.07 bits per heavy atom. The van der Waals surface area contributed by atoms with Crippen LogP contribution in [0, 0.1) is 5.82 Å². The number of carbonyl (C=O) groups is 2. The van der Waals surface area contributed by atoms with Crippen LogP contribution in [0.4, 0.5) is 4.39 Å². The maximum atomic E-state index is 13.7. The Morgan fingerprint density at radius 2 is 1.79 bits per heavy atom. The van der Waals surface area contributed by atoms with Crippen molar-refractivity contribution in [3.8, 4) is 0 Å². The predicted octanol–water partition coefficient (Wildman–Crippen LogP) is 2.97. The lowest BCUT2D eigenvalue weighted by molar-refractivity contribution is -0.129. The van der Waals surface area contributed by atoms with Gasteiger partial charge in [0.05, 0.1) is 18.8 Å². The summed E-state index contributed by atoms with van der Waals surface area (Å²) >= 11 is 12.3. The van der Waals surface area contributed by atoms with E-state index in [1.807, 2.05) is 4.90 Å². The Labute approximate surface area is 171 Å². The van der Waals surface area contributed by atoms with Crippen LogP contribution in [0.15, 0.2) is 42.5 Å². The zero-order valence-corrected chi connectivity index (χ0v) is 16.3. The molecule has 1 heterocycles. The molecule has 0 bridgehead atoms. The van der Waals surface area contributed by atoms with Crippen molar-refractivity contribution >= 4 is 35.0 Å². The van der Waals surface area contributed by atoms with E-state index in [1.165, 1.54) is 24.3 Å². The van der Waals surface area contributed by atoms with Crippen LogP contribution >= 0.6 is 23.2 Å². The molecule has 1 aliphatic rings. The second kappa shape index (κ2) is 9.34. The van der Waals surface area contributed by atoms with Gasteiger partial charge >= 0.3 is 0 Å². The number of ether oxygens (including phenoxy) is 1. The molecular formula is C19H18Cl2FN3O3. The summed E-state index contributed by atoms with van der Waals surface area (Å²) in [7, 11) is 0. The third kappa shape index (κ3) is 4.80. The number of amides is 2. The number of carbonyl (C=O) groups excluding carboxylic acids is 2. The lowest BCUT2D eigenvalue weighted by Gasteiger charge is -2.34. The van der Waals surface area contributed by atoms with Crippen LogP contribution in [0.1, 0.15) is 22.0 Å². The van der Waals surface area contributed by atoms with Gasteiger partial charge in [-0.3, -0.25) is 25.3 Å². The van der Waals surface area contributed by atoms with E-state index < -0.39 is 23.7 Å². The standard InChI is InChI=1S/C19H18Cl2FN3O3/c20-12-5-6-13(15(21)11-12)17(25-7-9-28-10-8-25)19(27)24-23-18(26)14-3-1-2-4-16(14)22/h1-6,11,17H,7-10H2,(H,23,26)(H,24,27)/t17-/m0/s1. The van der Waals surface area contributed by atoms with Gasteiger partial charge in [0, 0.05) is 23.1 Å². The molecule has 1 atom stereocenters. The van der Waals surface area contributed by atoms with E-state index in [9.17, 15) is 14.0 Å². The number of hydrogen-bond acceptors (Lipinski definition) is 4. The molecule has 6 nitrogen and oxygen atoms in total. The molecule has 0 saturated carbocycles. The van der Waals surface area contributed by atoms with E-state index in [4.69, 9.17) is 27.9 Å². The normalized spacial score (nSPS) is 15.7. The monoisotopic (exact) mass is 425 g/mol. The third-order valence-corrected chi connectivity index (χ3v) is 4.90. The summed E-state index contributed by atoms with van der Waals surface area (Å²) in [4.78, 5) is 27.0. The van der Waals surface area contributed by atoms with E-state index in [1.54, 1.807) is 18.2 Å². The number of benzene rings is 2. The maximum Gasteiger partial charge on any atom is 0.272 e. The van der Waals surface area contributed by atoms with Gasteiger partial charge in [0.25, 0.3) is 11.8 Å². The molecule has 1 aliphatic heterocycles. The van der Waals surface area contributed by atoms with Crippen molar-refractivity contribution in [3.05, 3.63) is 69.5 Å². The smallest absolute Gasteiger partial charge is 0.272 e. The molecule has 2 aromatic rings. The lowest BCUT2D eigenvalue weighted by Crippen LogP contribution is -2.50. The van der Waals surface area contributed by atoms with Crippen molar-refractivity contribution in [1.29, 1.82) is 0 Å². The van der Waals surface area contributed by atoms with Crippen LogP contribution in [0.5, 0.6) is 0 Å². The second-order valence-corrected chi connectivity index (χ2v) is 6.98. The van der Waals surface area contributed by atoms with E-state index in [-0.39, 0.29) is 5.56 Å². The van der Waals surface area contributed by atoms with Crippen LogP contribution in [0.2, 0.25) is 10.0 Å². The second-order valence-electron chi connectivity index (χ2n) is 6.14. The van der Waals surface area contributed by atoms with Crippen molar-refractivity contribution in [3.63, 3.8) is 0 Å². The Kier molecular flexibility index (Phi) is 6.85. The first-order chi connectivity index (χ1) is 13.5. The van der Waals surface area contributed by atoms with Gasteiger partial charge in [-0.1, -0.05) is 41.4 Å². The molecule has 148 valence electrons. The molecule has 3 rings (SSSR count). The van der Waals surface area contributed by atoms with E-state index >= 15 is 0 Å². The number of halogens is 3. The molecule has 2 amide bonds. The summed E-state index contributed by atoms with van der Waals surface area (Å²) in [6.45, 7) is 1.96. The molecule has 9 heteroatoms.